The molecule has 1 aliphatic heterocycles. The number of aryl methyl sites for hydroxylation is 2. The maximum absolute atomic E-state index is 11.7. The molecule has 0 atom stereocenters. The van der Waals surface area contributed by atoms with Gasteiger partial charge in [0.15, 0.2) is 6.61 Å². The zero-order chi connectivity index (χ0) is 22.0. The molecule has 0 saturated carbocycles. The van der Waals surface area contributed by atoms with Gasteiger partial charge < -0.3 is 10.1 Å². The first-order valence-electron chi connectivity index (χ1n) is 9.95. The summed E-state index contributed by atoms with van der Waals surface area (Å²) < 4.78 is 7.31. The second kappa shape index (κ2) is 8.73. The van der Waals surface area contributed by atoms with Crippen molar-refractivity contribution >= 4 is 29.1 Å². The second-order valence-corrected chi connectivity index (χ2v) is 8.48. The van der Waals surface area contributed by atoms with Gasteiger partial charge in [-0.3, -0.25) is 9.79 Å². The predicted molar refractivity (Wildman–Crippen MR) is 126 cm³/mol. The lowest BCUT2D eigenvalue weighted by Crippen LogP contribution is -2.25. The normalized spacial score (nSPS) is 13.8. The van der Waals surface area contributed by atoms with Crippen LogP contribution in [-0.4, -0.2) is 29.9 Å². The lowest BCUT2D eigenvalue weighted by atomic mass is 10.1. The number of hydrogen-bond acceptors (Lipinski definition) is 5. The Morgan fingerprint density at radius 2 is 2.13 bits per heavy atom. The van der Waals surface area contributed by atoms with Crippen LogP contribution in [0.1, 0.15) is 23.6 Å². The Kier molecular flexibility index (Phi) is 5.86. The van der Waals surface area contributed by atoms with E-state index in [-0.39, 0.29) is 12.5 Å². The Morgan fingerprint density at radius 3 is 2.90 bits per heavy atom. The van der Waals surface area contributed by atoms with Crippen molar-refractivity contribution in [1.82, 2.24) is 4.68 Å². The van der Waals surface area contributed by atoms with Crippen molar-refractivity contribution in [1.29, 1.82) is 0 Å². The monoisotopic (exact) mass is 432 g/mol. The molecule has 0 saturated heterocycles. The molecule has 1 N–H and O–H groups in total. The van der Waals surface area contributed by atoms with Gasteiger partial charge in [-0.25, -0.2) is 4.68 Å². The fourth-order valence-corrected chi connectivity index (χ4v) is 4.09. The molecular weight excluding hydrogens is 408 g/mol. The number of hydrogen-bond donors (Lipinski definition) is 1. The fraction of sp³-hybridized carbons (Fsp3) is 0.208. The van der Waals surface area contributed by atoms with E-state index >= 15 is 0 Å². The van der Waals surface area contributed by atoms with Crippen molar-refractivity contribution in [3.05, 3.63) is 75.4 Å². The van der Waals surface area contributed by atoms with Gasteiger partial charge in [0.2, 0.25) is 4.80 Å². The first-order chi connectivity index (χ1) is 14.9. The van der Waals surface area contributed by atoms with Crippen LogP contribution in [0.2, 0.25) is 0 Å². The number of thiazole rings is 1. The number of nitrogens with one attached hydrogen (secondary N) is 1. The summed E-state index contributed by atoms with van der Waals surface area (Å²) in [5, 5.41) is 9.65. The number of carbonyl (C=O) groups excluding carboxylic acids is 1. The highest BCUT2D eigenvalue weighted by Crippen LogP contribution is 2.32. The van der Waals surface area contributed by atoms with Gasteiger partial charge in [0.1, 0.15) is 5.75 Å². The summed E-state index contributed by atoms with van der Waals surface area (Å²) in [4.78, 5) is 17.2. The van der Waals surface area contributed by atoms with Crippen LogP contribution in [-0.2, 0) is 4.79 Å². The molecule has 7 heteroatoms. The zero-order valence-corrected chi connectivity index (χ0v) is 18.6. The highest BCUT2D eigenvalue weighted by molar-refractivity contribution is 7.07. The SMILES string of the molecule is C=C(C)CN=c1scc(-c2ccc3c(c2)NC(=O)CO3)n1N=Cc1ccc(C)cc1C. The van der Waals surface area contributed by atoms with Crippen LogP contribution in [0.25, 0.3) is 11.3 Å². The Balaban J connectivity index is 1.79. The van der Waals surface area contributed by atoms with Gasteiger partial charge in [0.25, 0.3) is 5.91 Å². The van der Waals surface area contributed by atoms with Crippen LogP contribution in [0.4, 0.5) is 5.69 Å². The maximum atomic E-state index is 11.7. The number of rotatable bonds is 5. The number of carbonyl (C=O) groups is 1. The maximum Gasteiger partial charge on any atom is 0.262 e. The molecule has 2 heterocycles. The van der Waals surface area contributed by atoms with Gasteiger partial charge in [-0.2, -0.15) is 5.10 Å². The van der Waals surface area contributed by atoms with Crippen molar-refractivity contribution in [3.63, 3.8) is 0 Å². The summed E-state index contributed by atoms with van der Waals surface area (Å²) in [6, 6.07) is 12.0. The van der Waals surface area contributed by atoms with Gasteiger partial charge in [-0.15, -0.1) is 11.3 Å². The van der Waals surface area contributed by atoms with Crippen LogP contribution in [0.15, 0.2) is 64.0 Å². The van der Waals surface area contributed by atoms with Gasteiger partial charge in [0.05, 0.1) is 24.1 Å². The van der Waals surface area contributed by atoms with Gasteiger partial charge in [0, 0.05) is 10.9 Å². The van der Waals surface area contributed by atoms with Crippen molar-refractivity contribution in [2.45, 2.75) is 20.8 Å². The molecule has 0 unspecified atom stereocenters. The van der Waals surface area contributed by atoms with E-state index in [0.717, 1.165) is 32.8 Å². The Labute approximate surface area is 185 Å². The van der Waals surface area contributed by atoms with Crippen molar-refractivity contribution in [3.8, 4) is 17.0 Å². The van der Waals surface area contributed by atoms with Crippen molar-refractivity contribution in [2.24, 2.45) is 10.1 Å². The number of fused-ring (bicyclic) bond motifs is 1. The summed E-state index contributed by atoms with van der Waals surface area (Å²) in [6.07, 6.45) is 1.86. The van der Waals surface area contributed by atoms with E-state index in [4.69, 9.17) is 9.84 Å². The van der Waals surface area contributed by atoms with E-state index < -0.39 is 0 Å². The molecule has 1 amide bonds. The van der Waals surface area contributed by atoms with E-state index in [1.165, 1.54) is 16.9 Å². The van der Waals surface area contributed by atoms with Gasteiger partial charge in [-0.1, -0.05) is 35.9 Å². The Morgan fingerprint density at radius 1 is 1.29 bits per heavy atom. The zero-order valence-electron chi connectivity index (χ0n) is 17.8. The van der Waals surface area contributed by atoms with E-state index in [1.54, 1.807) is 0 Å². The van der Waals surface area contributed by atoms with Crippen molar-refractivity contribution < 1.29 is 9.53 Å². The molecule has 158 valence electrons. The lowest BCUT2D eigenvalue weighted by Gasteiger charge is -2.18. The number of ether oxygens (including phenoxy) is 1. The van der Waals surface area contributed by atoms with Crippen LogP contribution >= 0.6 is 11.3 Å². The molecule has 6 nitrogen and oxygen atoms in total. The molecule has 0 fully saturated rings. The molecule has 0 spiro atoms. The molecule has 4 rings (SSSR count). The summed E-state index contributed by atoms with van der Waals surface area (Å²) in [5.74, 6) is 0.504. The molecule has 0 aliphatic carbocycles. The van der Waals surface area contributed by atoms with E-state index in [9.17, 15) is 4.79 Å². The van der Waals surface area contributed by atoms with Gasteiger partial charge >= 0.3 is 0 Å². The molecule has 1 aromatic heterocycles. The number of benzene rings is 2. The van der Waals surface area contributed by atoms with E-state index in [2.05, 4.69) is 48.9 Å². The smallest absolute Gasteiger partial charge is 0.262 e. The Hall–Kier alpha value is -3.45. The lowest BCUT2D eigenvalue weighted by molar-refractivity contribution is -0.118. The van der Waals surface area contributed by atoms with E-state index in [0.29, 0.717) is 18.0 Å². The highest BCUT2D eigenvalue weighted by Gasteiger charge is 2.17. The third kappa shape index (κ3) is 4.67. The molecule has 3 aromatic rings. The van der Waals surface area contributed by atoms with Crippen molar-refractivity contribution in [2.75, 3.05) is 18.5 Å². The van der Waals surface area contributed by atoms with Crippen LogP contribution in [0, 0.1) is 13.8 Å². The largest absolute Gasteiger partial charge is 0.482 e. The first-order valence-corrected chi connectivity index (χ1v) is 10.8. The Bertz CT molecular complexity index is 1270. The third-order valence-electron chi connectivity index (χ3n) is 4.82. The van der Waals surface area contributed by atoms with Crippen LogP contribution in [0.3, 0.4) is 0 Å². The molecule has 2 aromatic carbocycles. The molecule has 31 heavy (non-hydrogen) atoms. The average Bonchev–Trinajstić information content (AvgIpc) is 3.13. The standard InChI is InChI=1S/C24H24N4O2S/c1-15(2)11-25-24-28(26-12-19-6-5-16(3)9-17(19)4)21(14-31-24)18-7-8-22-20(10-18)27-23(29)13-30-22/h5-10,12,14H,1,11,13H2,2-4H3,(H,27,29). The second-order valence-electron chi connectivity index (χ2n) is 7.64. The topological polar surface area (TPSA) is 68.0 Å². The molecule has 1 aliphatic rings. The summed E-state index contributed by atoms with van der Waals surface area (Å²) in [6.45, 7) is 10.6. The van der Waals surface area contributed by atoms with Crippen LogP contribution < -0.4 is 14.9 Å². The minimum absolute atomic E-state index is 0.0366. The molecular formula is C24H24N4O2S. The number of nitrogens with zero attached hydrogens (tertiary/aromatic N) is 3. The minimum Gasteiger partial charge on any atom is -0.482 e. The molecule has 0 bridgehead atoms. The number of amides is 1. The number of anilines is 1. The van der Waals surface area contributed by atoms with E-state index in [1.807, 2.05) is 41.4 Å². The van der Waals surface area contributed by atoms with Crippen LogP contribution in [0.5, 0.6) is 5.75 Å². The summed E-state index contributed by atoms with van der Waals surface area (Å²) in [5.41, 5.74) is 6.86. The quantitative estimate of drug-likeness (QED) is 0.476. The highest BCUT2D eigenvalue weighted by atomic mass is 32.1. The summed E-state index contributed by atoms with van der Waals surface area (Å²) in [7, 11) is 0. The molecule has 0 radical (unpaired) electrons. The average molecular weight is 433 g/mol. The summed E-state index contributed by atoms with van der Waals surface area (Å²) >= 11 is 1.52. The minimum atomic E-state index is -0.159. The predicted octanol–water partition coefficient (Wildman–Crippen LogP) is 4.52. The third-order valence-corrected chi connectivity index (χ3v) is 5.67. The number of aromatic nitrogens is 1. The van der Waals surface area contributed by atoms with Gasteiger partial charge in [-0.05, 0) is 50.1 Å². The first kappa shape index (κ1) is 20.8. The fourth-order valence-electron chi connectivity index (χ4n) is 3.25.